The van der Waals surface area contributed by atoms with Gasteiger partial charge >= 0.3 is 0 Å². The van der Waals surface area contributed by atoms with Gasteiger partial charge in [-0.2, -0.15) is 5.10 Å². The number of fused-ring (bicyclic) bond motifs is 3. The molecule has 6 nitrogen and oxygen atoms in total. The van der Waals surface area contributed by atoms with E-state index in [0.717, 1.165) is 28.3 Å². The highest BCUT2D eigenvalue weighted by Crippen LogP contribution is 2.24. The highest BCUT2D eigenvalue weighted by molar-refractivity contribution is 6.07. The van der Waals surface area contributed by atoms with E-state index in [4.69, 9.17) is 0 Å². The van der Waals surface area contributed by atoms with Gasteiger partial charge < -0.3 is 9.88 Å². The summed E-state index contributed by atoms with van der Waals surface area (Å²) in [6.07, 6.45) is 2.41. The number of carbonyl (C=O) groups is 1. The van der Waals surface area contributed by atoms with Crippen LogP contribution in [0.25, 0.3) is 21.8 Å². The highest BCUT2D eigenvalue weighted by Gasteiger charge is 2.14. The largest absolute Gasteiger partial charge is 0.354 e. The van der Waals surface area contributed by atoms with Crippen molar-refractivity contribution < 1.29 is 4.79 Å². The minimum atomic E-state index is -0.260. The normalized spacial score (nSPS) is 11.1. The molecular weight excluding hydrogens is 340 g/mol. The zero-order valence-corrected chi connectivity index (χ0v) is 15.1. The van der Waals surface area contributed by atoms with E-state index < -0.39 is 0 Å². The van der Waals surface area contributed by atoms with E-state index in [2.05, 4.69) is 10.4 Å². The molecule has 1 N–H and O–H groups in total. The van der Waals surface area contributed by atoms with Gasteiger partial charge in [-0.05, 0) is 18.1 Å². The number of aryl methyl sites for hydroxylation is 1. The number of carbonyl (C=O) groups excluding carboxylic acids is 1. The second kappa shape index (κ2) is 7.07. The van der Waals surface area contributed by atoms with E-state index in [9.17, 15) is 9.59 Å². The van der Waals surface area contributed by atoms with Gasteiger partial charge in [0.2, 0.25) is 5.91 Å². The Kier molecular flexibility index (Phi) is 4.46. The van der Waals surface area contributed by atoms with Crippen molar-refractivity contribution >= 4 is 27.7 Å². The number of nitrogens with one attached hydrogen (secondary N) is 1. The van der Waals surface area contributed by atoms with Crippen molar-refractivity contribution in [3.8, 4) is 0 Å². The molecule has 4 rings (SSSR count). The van der Waals surface area contributed by atoms with Crippen LogP contribution in [0.3, 0.4) is 0 Å². The van der Waals surface area contributed by atoms with E-state index >= 15 is 0 Å². The number of aromatic nitrogens is 3. The molecule has 0 aliphatic rings. The average molecular weight is 360 g/mol. The van der Waals surface area contributed by atoms with Crippen LogP contribution in [0.15, 0.2) is 65.6 Å². The summed E-state index contributed by atoms with van der Waals surface area (Å²) in [5, 5.41) is 8.85. The molecule has 0 fully saturated rings. The van der Waals surface area contributed by atoms with E-state index in [-0.39, 0.29) is 18.0 Å². The fourth-order valence-corrected chi connectivity index (χ4v) is 3.41. The lowest BCUT2D eigenvalue weighted by Gasteiger charge is -2.07. The third kappa shape index (κ3) is 3.21. The fourth-order valence-electron chi connectivity index (χ4n) is 3.41. The zero-order chi connectivity index (χ0) is 18.8. The predicted octanol–water partition coefficient (Wildman–Crippen LogP) is 2.25. The van der Waals surface area contributed by atoms with Gasteiger partial charge in [-0.1, -0.05) is 48.5 Å². The zero-order valence-electron chi connectivity index (χ0n) is 15.1. The maximum Gasteiger partial charge on any atom is 0.291 e. The van der Waals surface area contributed by atoms with Crippen LogP contribution in [0.2, 0.25) is 0 Å². The Hall–Kier alpha value is -3.41. The monoisotopic (exact) mass is 360 g/mol. The lowest BCUT2D eigenvalue weighted by atomic mass is 10.1. The summed E-state index contributed by atoms with van der Waals surface area (Å²) in [6, 6.07) is 17.8. The third-order valence-corrected chi connectivity index (χ3v) is 4.78. The highest BCUT2D eigenvalue weighted by atomic mass is 16.2. The van der Waals surface area contributed by atoms with Gasteiger partial charge in [0.1, 0.15) is 12.1 Å². The van der Waals surface area contributed by atoms with Crippen molar-refractivity contribution in [1.29, 1.82) is 0 Å². The van der Waals surface area contributed by atoms with Crippen LogP contribution in [-0.2, 0) is 24.8 Å². The SMILES string of the molecule is Cn1c2ccccc2c2cnn(CC(=O)NCCc3ccccc3)c(=O)c21. The van der Waals surface area contributed by atoms with Gasteiger partial charge in [0.25, 0.3) is 5.56 Å². The first-order valence-corrected chi connectivity index (χ1v) is 8.89. The summed E-state index contributed by atoms with van der Waals surface area (Å²) in [6.45, 7) is 0.430. The molecule has 27 heavy (non-hydrogen) atoms. The molecule has 0 saturated heterocycles. The Bertz CT molecular complexity index is 1180. The quantitative estimate of drug-likeness (QED) is 0.593. The first-order valence-electron chi connectivity index (χ1n) is 8.89. The van der Waals surface area contributed by atoms with Crippen molar-refractivity contribution in [2.45, 2.75) is 13.0 Å². The molecule has 0 spiro atoms. The fraction of sp³-hybridized carbons (Fsp3) is 0.190. The lowest BCUT2D eigenvalue weighted by Crippen LogP contribution is -2.34. The second-order valence-corrected chi connectivity index (χ2v) is 6.53. The van der Waals surface area contributed by atoms with Crippen molar-refractivity contribution in [2.75, 3.05) is 6.54 Å². The predicted molar refractivity (Wildman–Crippen MR) is 106 cm³/mol. The van der Waals surface area contributed by atoms with Crippen LogP contribution in [-0.4, -0.2) is 26.8 Å². The van der Waals surface area contributed by atoms with Gasteiger partial charge in [0.05, 0.1) is 6.20 Å². The lowest BCUT2D eigenvalue weighted by molar-refractivity contribution is -0.121. The molecule has 4 aromatic rings. The van der Waals surface area contributed by atoms with Crippen molar-refractivity contribution in [1.82, 2.24) is 19.7 Å². The van der Waals surface area contributed by atoms with Gasteiger partial charge in [0.15, 0.2) is 0 Å². The van der Waals surface area contributed by atoms with Crippen LogP contribution in [0.4, 0.5) is 0 Å². The molecule has 0 unspecified atom stereocenters. The number of hydrogen-bond donors (Lipinski definition) is 1. The molecule has 0 aliphatic carbocycles. The van der Waals surface area contributed by atoms with E-state index in [1.165, 1.54) is 4.68 Å². The standard InChI is InChI=1S/C21H20N4O2/c1-24-18-10-6-5-9-16(18)17-13-23-25(21(27)20(17)24)14-19(26)22-12-11-15-7-3-2-4-8-15/h2-10,13H,11-12,14H2,1H3,(H,22,26). The molecule has 0 radical (unpaired) electrons. The second-order valence-electron chi connectivity index (χ2n) is 6.53. The number of nitrogens with zero attached hydrogens (tertiary/aromatic N) is 3. The van der Waals surface area contributed by atoms with E-state index in [1.807, 2.05) is 66.2 Å². The molecule has 0 atom stereocenters. The van der Waals surface area contributed by atoms with Crippen molar-refractivity contribution in [3.63, 3.8) is 0 Å². The third-order valence-electron chi connectivity index (χ3n) is 4.78. The topological polar surface area (TPSA) is 68.9 Å². The summed E-state index contributed by atoms with van der Waals surface area (Å²) in [4.78, 5) is 25.1. The summed E-state index contributed by atoms with van der Waals surface area (Å²) in [5.41, 5.74) is 2.43. The van der Waals surface area contributed by atoms with Crippen LogP contribution < -0.4 is 10.9 Å². The summed E-state index contributed by atoms with van der Waals surface area (Å²) in [7, 11) is 1.86. The summed E-state index contributed by atoms with van der Waals surface area (Å²) < 4.78 is 3.08. The van der Waals surface area contributed by atoms with E-state index in [0.29, 0.717) is 12.1 Å². The molecule has 1 amide bonds. The maximum absolute atomic E-state index is 12.8. The Balaban J connectivity index is 1.53. The smallest absolute Gasteiger partial charge is 0.291 e. The maximum atomic E-state index is 12.8. The Morgan fingerprint density at radius 3 is 2.59 bits per heavy atom. The molecule has 136 valence electrons. The first kappa shape index (κ1) is 17.0. The number of hydrogen-bond acceptors (Lipinski definition) is 3. The van der Waals surface area contributed by atoms with Crippen LogP contribution in [0.5, 0.6) is 0 Å². The first-order chi connectivity index (χ1) is 13.1. The Labute approximate surface area is 156 Å². The Morgan fingerprint density at radius 1 is 1.04 bits per heavy atom. The summed E-state index contributed by atoms with van der Waals surface area (Å²) in [5.74, 6) is -0.223. The molecule has 0 saturated carbocycles. The molecule has 2 aromatic carbocycles. The average Bonchev–Trinajstić information content (AvgIpc) is 2.98. The molecule has 2 heterocycles. The van der Waals surface area contributed by atoms with Crippen LogP contribution in [0, 0.1) is 0 Å². The molecule has 6 heteroatoms. The number of benzene rings is 2. The number of para-hydroxylation sites is 1. The van der Waals surface area contributed by atoms with Crippen LogP contribution >= 0.6 is 0 Å². The van der Waals surface area contributed by atoms with Gasteiger partial charge in [-0.3, -0.25) is 9.59 Å². The van der Waals surface area contributed by atoms with Crippen molar-refractivity contribution in [3.05, 3.63) is 76.7 Å². The van der Waals surface area contributed by atoms with Gasteiger partial charge in [-0.25, -0.2) is 4.68 Å². The number of rotatable bonds is 5. The Morgan fingerprint density at radius 2 is 1.78 bits per heavy atom. The van der Waals surface area contributed by atoms with Crippen LogP contribution in [0.1, 0.15) is 5.56 Å². The van der Waals surface area contributed by atoms with Gasteiger partial charge in [0, 0.05) is 29.9 Å². The number of amides is 1. The van der Waals surface area contributed by atoms with E-state index in [1.54, 1.807) is 6.20 Å². The molecule has 2 aromatic heterocycles. The minimum Gasteiger partial charge on any atom is -0.354 e. The minimum absolute atomic E-state index is 0.0922. The molecule has 0 bridgehead atoms. The molecule has 0 aliphatic heterocycles. The van der Waals surface area contributed by atoms with Crippen molar-refractivity contribution in [2.24, 2.45) is 7.05 Å². The summed E-state index contributed by atoms with van der Waals surface area (Å²) >= 11 is 0. The molecular formula is C21H20N4O2. The van der Waals surface area contributed by atoms with Gasteiger partial charge in [-0.15, -0.1) is 0 Å².